The summed E-state index contributed by atoms with van der Waals surface area (Å²) in [7, 11) is 0. The molecule has 0 saturated heterocycles. The SMILES string of the molecule is CCC1CCC(NC(=S)Nc2cccc(Cl)c2C)CC1. The standard InChI is InChI=1S/C16H23ClN2S/c1-3-12-7-9-13(10-8-12)18-16(20)19-15-6-4-5-14(17)11(15)2/h4-6,12-13H,3,7-10H2,1-2H3,(H2,18,19,20). The van der Waals surface area contributed by atoms with Gasteiger partial charge in [-0.2, -0.15) is 0 Å². The van der Waals surface area contributed by atoms with Gasteiger partial charge in [-0.3, -0.25) is 0 Å². The van der Waals surface area contributed by atoms with E-state index in [1.54, 1.807) is 0 Å². The van der Waals surface area contributed by atoms with E-state index in [1.807, 2.05) is 25.1 Å². The molecule has 0 aromatic heterocycles. The van der Waals surface area contributed by atoms with Crippen LogP contribution in [0.2, 0.25) is 5.02 Å². The van der Waals surface area contributed by atoms with Crippen LogP contribution in [0.3, 0.4) is 0 Å². The Balaban J connectivity index is 1.85. The fraction of sp³-hybridized carbons (Fsp3) is 0.562. The minimum Gasteiger partial charge on any atom is -0.360 e. The zero-order valence-electron chi connectivity index (χ0n) is 12.2. The predicted molar refractivity (Wildman–Crippen MR) is 91.6 cm³/mol. The highest BCUT2D eigenvalue weighted by atomic mass is 35.5. The Morgan fingerprint density at radius 2 is 2.00 bits per heavy atom. The van der Waals surface area contributed by atoms with Gasteiger partial charge in [-0.15, -0.1) is 0 Å². The molecule has 4 heteroatoms. The molecule has 0 unspecified atom stereocenters. The van der Waals surface area contributed by atoms with Crippen molar-refractivity contribution in [3.8, 4) is 0 Å². The highest BCUT2D eigenvalue weighted by molar-refractivity contribution is 7.80. The van der Waals surface area contributed by atoms with E-state index in [-0.39, 0.29) is 0 Å². The van der Waals surface area contributed by atoms with E-state index >= 15 is 0 Å². The van der Waals surface area contributed by atoms with Gasteiger partial charge in [0.1, 0.15) is 0 Å². The van der Waals surface area contributed by atoms with Gasteiger partial charge in [0.25, 0.3) is 0 Å². The van der Waals surface area contributed by atoms with E-state index in [9.17, 15) is 0 Å². The zero-order valence-corrected chi connectivity index (χ0v) is 13.8. The highest BCUT2D eigenvalue weighted by Gasteiger charge is 2.20. The van der Waals surface area contributed by atoms with E-state index in [1.165, 1.54) is 32.1 Å². The lowest BCUT2D eigenvalue weighted by atomic mass is 9.85. The predicted octanol–water partition coefficient (Wildman–Crippen LogP) is 4.90. The van der Waals surface area contributed by atoms with Crippen LogP contribution in [-0.2, 0) is 0 Å². The van der Waals surface area contributed by atoms with Crippen molar-refractivity contribution < 1.29 is 0 Å². The zero-order chi connectivity index (χ0) is 14.5. The van der Waals surface area contributed by atoms with Gasteiger partial charge in [0.15, 0.2) is 5.11 Å². The average molecular weight is 311 g/mol. The second kappa shape index (κ2) is 7.28. The second-order valence-corrected chi connectivity index (χ2v) is 6.45. The van der Waals surface area contributed by atoms with E-state index in [0.717, 1.165) is 22.2 Å². The van der Waals surface area contributed by atoms with E-state index in [2.05, 4.69) is 17.6 Å². The first-order chi connectivity index (χ1) is 9.60. The number of hydrogen-bond acceptors (Lipinski definition) is 1. The maximum absolute atomic E-state index is 6.12. The summed E-state index contributed by atoms with van der Waals surface area (Å²) < 4.78 is 0. The van der Waals surface area contributed by atoms with Crippen LogP contribution in [0.25, 0.3) is 0 Å². The Morgan fingerprint density at radius 3 is 2.65 bits per heavy atom. The third kappa shape index (κ3) is 4.10. The molecule has 20 heavy (non-hydrogen) atoms. The van der Waals surface area contributed by atoms with Gasteiger partial charge in [0.05, 0.1) is 0 Å². The summed E-state index contributed by atoms with van der Waals surface area (Å²) in [5.41, 5.74) is 2.02. The largest absolute Gasteiger partial charge is 0.360 e. The van der Waals surface area contributed by atoms with Crippen molar-refractivity contribution in [3.63, 3.8) is 0 Å². The van der Waals surface area contributed by atoms with Crippen LogP contribution in [0.1, 0.15) is 44.6 Å². The molecule has 1 aliphatic rings. The molecular formula is C16H23ClN2S. The van der Waals surface area contributed by atoms with Crippen LogP contribution in [0.5, 0.6) is 0 Å². The van der Waals surface area contributed by atoms with Crippen molar-refractivity contribution in [1.29, 1.82) is 0 Å². The number of hydrogen-bond donors (Lipinski definition) is 2. The summed E-state index contributed by atoms with van der Waals surface area (Å²) in [6.45, 7) is 4.28. The van der Waals surface area contributed by atoms with E-state index < -0.39 is 0 Å². The van der Waals surface area contributed by atoms with E-state index in [0.29, 0.717) is 11.2 Å². The van der Waals surface area contributed by atoms with E-state index in [4.69, 9.17) is 23.8 Å². The fourth-order valence-electron chi connectivity index (χ4n) is 2.80. The van der Waals surface area contributed by atoms with Gasteiger partial charge in [-0.25, -0.2) is 0 Å². The number of thiocarbonyl (C=S) groups is 1. The first kappa shape index (κ1) is 15.6. The Kier molecular flexibility index (Phi) is 5.67. The molecule has 0 heterocycles. The summed E-state index contributed by atoms with van der Waals surface area (Å²) in [5.74, 6) is 0.907. The van der Waals surface area contributed by atoms with Gasteiger partial charge in [0, 0.05) is 16.8 Å². The first-order valence-electron chi connectivity index (χ1n) is 7.42. The van der Waals surface area contributed by atoms with Crippen LogP contribution in [0.4, 0.5) is 5.69 Å². The van der Waals surface area contributed by atoms with Crippen molar-refractivity contribution in [2.75, 3.05) is 5.32 Å². The van der Waals surface area contributed by atoms with Crippen molar-refractivity contribution in [2.45, 2.75) is 52.0 Å². The second-order valence-electron chi connectivity index (χ2n) is 5.64. The molecule has 0 radical (unpaired) electrons. The number of halogens is 1. The Labute approximate surface area is 132 Å². The minimum absolute atomic E-state index is 0.511. The molecule has 2 N–H and O–H groups in total. The quantitative estimate of drug-likeness (QED) is 0.776. The lowest BCUT2D eigenvalue weighted by Gasteiger charge is -2.29. The van der Waals surface area contributed by atoms with Crippen LogP contribution < -0.4 is 10.6 Å². The van der Waals surface area contributed by atoms with Crippen LogP contribution >= 0.6 is 23.8 Å². The molecule has 2 rings (SSSR count). The molecule has 1 aromatic carbocycles. The number of rotatable bonds is 3. The number of nitrogens with one attached hydrogen (secondary N) is 2. The average Bonchev–Trinajstić information content (AvgIpc) is 2.45. The summed E-state index contributed by atoms with van der Waals surface area (Å²) >= 11 is 11.5. The lowest BCUT2D eigenvalue weighted by Crippen LogP contribution is -2.40. The maximum atomic E-state index is 6.12. The summed E-state index contributed by atoms with van der Waals surface area (Å²) in [4.78, 5) is 0. The number of anilines is 1. The van der Waals surface area contributed by atoms with Crippen molar-refractivity contribution >= 4 is 34.6 Å². The summed E-state index contributed by atoms with van der Waals surface area (Å²) in [5, 5.41) is 8.16. The van der Waals surface area contributed by atoms with Crippen molar-refractivity contribution in [3.05, 3.63) is 28.8 Å². The molecule has 1 fully saturated rings. The fourth-order valence-corrected chi connectivity index (χ4v) is 3.25. The first-order valence-corrected chi connectivity index (χ1v) is 8.21. The van der Waals surface area contributed by atoms with Gasteiger partial charge in [-0.05, 0) is 68.4 Å². The lowest BCUT2D eigenvalue weighted by molar-refractivity contribution is 0.306. The molecule has 0 amide bonds. The maximum Gasteiger partial charge on any atom is 0.171 e. The Hall–Kier alpha value is -0.800. The molecule has 1 aromatic rings. The van der Waals surface area contributed by atoms with Gasteiger partial charge in [0.2, 0.25) is 0 Å². The topological polar surface area (TPSA) is 24.1 Å². The monoisotopic (exact) mass is 310 g/mol. The molecule has 0 bridgehead atoms. The molecule has 0 spiro atoms. The minimum atomic E-state index is 0.511. The third-order valence-corrected chi connectivity index (χ3v) is 4.90. The van der Waals surface area contributed by atoms with Gasteiger partial charge < -0.3 is 10.6 Å². The summed E-state index contributed by atoms with van der Waals surface area (Å²) in [6, 6.07) is 6.35. The smallest absolute Gasteiger partial charge is 0.171 e. The highest BCUT2D eigenvalue weighted by Crippen LogP contribution is 2.27. The number of benzene rings is 1. The molecule has 1 aliphatic carbocycles. The molecule has 0 atom stereocenters. The van der Waals surface area contributed by atoms with Crippen LogP contribution in [0, 0.1) is 12.8 Å². The molecular weight excluding hydrogens is 288 g/mol. The van der Waals surface area contributed by atoms with Crippen LogP contribution in [0.15, 0.2) is 18.2 Å². The molecule has 1 saturated carbocycles. The molecule has 110 valence electrons. The summed E-state index contributed by atoms with van der Waals surface area (Å²) in [6.07, 6.45) is 6.36. The van der Waals surface area contributed by atoms with Gasteiger partial charge in [-0.1, -0.05) is 31.0 Å². The van der Waals surface area contributed by atoms with Crippen molar-refractivity contribution in [1.82, 2.24) is 5.32 Å². The van der Waals surface area contributed by atoms with Crippen molar-refractivity contribution in [2.24, 2.45) is 5.92 Å². The third-order valence-electron chi connectivity index (χ3n) is 4.28. The van der Waals surface area contributed by atoms with Gasteiger partial charge >= 0.3 is 0 Å². The Morgan fingerprint density at radius 1 is 1.30 bits per heavy atom. The molecule has 0 aliphatic heterocycles. The Bertz CT molecular complexity index is 468. The van der Waals surface area contributed by atoms with Crippen LogP contribution in [-0.4, -0.2) is 11.2 Å². The molecule has 2 nitrogen and oxygen atoms in total. The normalized spacial score (nSPS) is 22.4.